The zero-order valence-corrected chi connectivity index (χ0v) is 19.7. The highest BCUT2D eigenvalue weighted by molar-refractivity contribution is 5.55. The third-order valence-corrected chi connectivity index (χ3v) is 5.77. The van der Waals surface area contributed by atoms with Crippen molar-refractivity contribution < 1.29 is 8.78 Å². The summed E-state index contributed by atoms with van der Waals surface area (Å²) < 4.78 is 30.1. The third-order valence-electron chi connectivity index (χ3n) is 5.77. The van der Waals surface area contributed by atoms with Gasteiger partial charge in [0, 0.05) is 18.4 Å². The smallest absolute Gasteiger partial charge is 0.245 e. The molecule has 9 heteroatoms. The lowest BCUT2D eigenvalue weighted by Gasteiger charge is -2.09. The van der Waals surface area contributed by atoms with Crippen LogP contribution in [0.5, 0.6) is 0 Å². The molecule has 0 saturated carbocycles. The van der Waals surface area contributed by atoms with Gasteiger partial charge in [-0.15, -0.1) is 10.2 Å². The third kappa shape index (κ3) is 5.70. The van der Waals surface area contributed by atoms with Gasteiger partial charge in [0.1, 0.15) is 5.82 Å². The van der Waals surface area contributed by atoms with E-state index in [1.165, 1.54) is 6.92 Å². The Morgan fingerprint density at radius 2 is 1.79 bits per heavy atom. The lowest BCUT2D eigenvalue weighted by molar-refractivity contribution is -0.0177. The second kappa shape index (κ2) is 10.2. The van der Waals surface area contributed by atoms with Gasteiger partial charge in [-0.25, -0.2) is 14.8 Å². The molecular formula is C25H29F2N7. The highest BCUT2D eigenvalue weighted by Crippen LogP contribution is 2.29. The predicted molar refractivity (Wildman–Crippen MR) is 125 cm³/mol. The summed E-state index contributed by atoms with van der Waals surface area (Å²) in [6.45, 7) is 6.08. The van der Waals surface area contributed by atoms with E-state index in [1.807, 2.05) is 24.3 Å². The fraction of sp³-hybridized carbons (Fsp3) is 0.400. The van der Waals surface area contributed by atoms with Crippen molar-refractivity contribution in [3.05, 3.63) is 76.9 Å². The number of hydrogen-bond acceptors (Lipinski definition) is 5. The highest BCUT2D eigenvalue weighted by atomic mass is 19.3. The van der Waals surface area contributed by atoms with Crippen molar-refractivity contribution in [2.75, 3.05) is 0 Å². The molecule has 0 fully saturated rings. The topological polar surface area (TPSA) is 85.2 Å². The van der Waals surface area contributed by atoms with Crippen LogP contribution in [0.15, 0.2) is 48.5 Å². The second-order valence-electron chi connectivity index (χ2n) is 8.94. The summed E-state index contributed by atoms with van der Waals surface area (Å²) in [7, 11) is 0. The highest BCUT2D eigenvalue weighted by Gasteiger charge is 2.35. The number of alkyl halides is 2. The van der Waals surface area contributed by atoms with Crippen LogP contribution < -0.4 is 0 Å². The van der Waals surface area contributed by atoms with Gasteiger partial charge < -0.3 is 0 Å². The molecule has 0 aliphatic rings. The van der Waals surface area contributed by atoms with Crippen molar-refractivity contribution in [1.29, 1.82) is 0 Å². The fourth-order valence-electron chi connectivity index (χ4n) is 3.70. The number of benzene rings is 2. The van der Waals surface area contributed by atoms with Crippen LogP contribution in [0.25, 0.3) is 11.4 Å². The van der Waals surface area contributed by atoms with Gasteiger partial charge in [-0.05, 0) is 51.9 Å². The van der Waals surface area contributed by atoms with E-state index in [1.54, 1.807) is 4.68 Å². The van der Waals surface area contributed by atoms with Gasteiger partial charge in [-0.2, -0.15) is 8.78 Å². The molecule has 178 valence electrons. The summed E-state index contributed by atoms with van der Waals surface area (Å²) >= 11 is 0. The molecule has 0 aliphatic heterocycles. The minimum Gasteiger partial charge on any atom is -0.245 e. The van der Waals surface area contributed by atoms with Crippen LogP contribution in [-0.2, 0) is 25.3 Å². The van der Waals surface area contributed by atoms with E-state index in [0.717, 1.165) is 35.1 Å². The van der Waals surface area contributed by atoms with Crippen LogP contribution in [0.4, 0.5) is 8.78 Å². The van der Waals surface area contributed by atoms with E-state index < -0.39 is 5.92 Å². The van der Waals surface area contributed by atoms with Crippen LogP contribution in [0.1, 0.15) is 62.0 Å². The lowest BCUT2D eigenvalue weighted by Crippen LogP contribution is -2.14. The van der Waals surface area contributed by atoms with Gasteiger partial charge in [0.15, 0.2) is 5.82 Å². The first kappa shape index (κ1) is 23.7. The number of nitrogens with one attached hydrogen (secondary N) is 1. The Morgan fingerprint density at radius 3 is 2.47 bits per heavy atom. The molecule has 2 heterocycles. The Kier molecular flexibility index (Phi) is 7.09. The van der Waals surface area contributed by atoms with Gasteiger partial charge in [-0.3, -0.25) is 0 Å². The van der Waals surface area contributed by atoms with E-state index in [0.29, 0.717) is 30.5 Å². The number of aromatic amines is 1. The molecule has 0 spiro atoms. The number of halogens is 2. The number of tetrazole rings is 1. The first-order valence-corrected chi connectivity index (χ1v) is 11.6. The van der Waals surface area contributed by atoms with Gasteiger partial charge in [0.2, 0.25) is 5.82 Å². The van der Waals surface area contributed by atoms with Crippen molar-refractivity contribution in [2.24, 2.45) is 5.92 Å². The van der Waals surface area contributed by atoms with Crippen LogP contribution in [0, 0.1) is 5.92 Å². The first-order valence-electron chi connectivity index (χ1n) is 11.6. The van der Waals surface area contributed by atoms with Crippen LogP contribution in [-0.4, -0.2) is 35.4 Å². The fourth-order valence-corrected chi connectivity index (χ4v) is 3.70. The number of nitrogens with zero attached hydrogens (tertiary/aromatic N) is 6. The average molecular weight is 466 g/mol. The summed E-state index contributed by atoms with van der Waals surface area (Å²) in [5.74, 6) is -1.70. The maximum Gasteiger partial charge on any atom is 0.308 e. The SMILES string of the molecule is CCC(F)(F)c1nc(CCC(C)C)n(Cc2ccc(Cc3cccc(-c4nnn[nH]4)c3)cc2)n1. The van der Waals surface area contributed by atoms with Crippen molar-refractivity contribution in [2.45, 2.75) is 58.9 Å². The van der Waals surface area contributed by atoms with Crippen molar-refractivity contribution in [1.82, 2.24) is 35.4 Å². The Morgan fingerprint density at radius 1 is 1.03 bits per heavy atom. The number of aromatic nitrogens is 7. The molecule has 7 nitrogen and oxygen atoms in total. The monoisotopic (exact) mass is 465 g/mol. The molecule has 0 aliphatic carbocycles. The quantitative estimate of drug-likeness (QED) is 0.348. The van der Waals surface area contributed by atoms with Gasteiger partial charge in [-0.1, -0.05) is 63.2 Å². The molecule has 2 aromatic heterocycles. The summed E-state index contributed by atoms with van der Waals surface area (Å²) in [6.07, 6.45) is 1.94. The van der Waals surface area contributed by atoms with Gasteiger partial charge >= 0.3 is 5.92 Å². The Balaban J connectivity index is 1.49. The zero-order chi connectivity index (χ0) is 24.1. The molecule has 1 N–H and O–H groups in total. The lowest BCUT2D eigenvalue weighted by atomic mass is 10.0. The number of rotatable bonds is 10. The molecule has 0 atom stereocenters. The molecule has 0 radical (unpaired) electrons. The van der Waals surface area contributed by atoms with Crippen molar-refractivity contribution in [3.63, 3.8) is 0 Å². The maximum atomic E-state index is 14.2. The van der Waals surface area contributed by atoms with Crippen LogP contribution in [0.3, 0.4) is 0 Å². The Labute approximate surface area is 197 Å². The number of aryl methyl sites for hydroxylation is 1. The summed E-state index contributed by atoms with van der Waals surface area (Å²) in [6, 6.07) is 16.2. The predicted octanol–water partition coefficient (Wildman–Crippen LogP) is 5.19. The standard InChI is InChI=1S/C25H29F2N7/c1-4-25(26,27)24-28-22(13-8-17(2)3)34(31-24)16-19-11-9-18(10-12-19)14-20-6-5-7-21(15-20)23-29-32-33-30-23/h5-7,9-12,15,17H,4,8,13-14,16H2,1-3H3,(H,29,30,32,33). The maximum absolute atomic E-state index is 14.2. The van der Waals surface area contributed by atoms with Gasteiger partial charge in [0.25, 0.3) is 0 Å². The van der Waals surface area contributed by atoms with Crippen LogP contribution in [0.2, 0.25) is 0 Å². The van der Waals surface area contributed by atoms with Crippen LogP contribution >= 0.6 is 0 Å². The van der Waals surface area contributed by atoms with E-state index in [-0.39, 0.29) is 12.2 Å². The summed E-state index contributed by atoms with van der Waals surface area (Å²) in [4.78, 5) is 4.21. The van der Waals surface area contributed by atoms with E-state index in [4.69, 9.17) is 0 Å². The molecular weight excluding hydrogens is 436 g/mol. The summed E-state index contributed by atoms with van der Waals surface area (Å²) in [5, 5.41) is 18.2. The zero-order valence-electron chi connectivity index (χ0n) is 19.7. The average Bonchev–Trinajstić information content (AvgIpc) is 3.50. The normalized spacial score (nSPS) is 11.9. The largest absolute Gasteiger partial charge is 0.308 e. The summed E-state index contributed by atoms with van der Waals surface area (Å²) in [5.41, 5.74) is 4.21. The minimum absolute atomic E-state index is 0.316. The number of H-pyrrole nitrogens is 1. The molecule has 4 rings (SSSR count). The molecule has 2 aromatic carbocycles. The first-order chi connectivity index (χ1) is 16.3. The van der Waals surface area contributed by atoms with E-state index in [9.17, 15) is 8.78 Å². The Hall–Kier alpha value is -3.49. The van der Waals surface area contributed by atoms with Crippen molar-refractivity contribution in [3.8, 4) is 11.4 Å². The Bertz CT molecular complexity index is 1200. The van der Waals surface area contributed by atoms with Crippen molar-refractivity contribution >= 4 is 0 Å². The molecule has 0 amide bonds. The molecule has 4 aromatic rings. The molecule has 0 saturated heterocycles. The minimum atomic E-state index is -3.02. The molecule has 0 bridgehead atoms. The molecule has 0 unspecified atom stereocenters. The van der Waals surface area contributed by atoms with Gasteiger partial charge in [0.05, 0.1) is 6.54 Å². The molecule has 34 heavy (non-hydrogen) atoms. The number of hydrogen-bond donors (Lipinski definition) is 1. The van der Waals surface area contributed by atoms with E-state index >= 15 is 0 Å². The van der Waals surface area contributed by atoms with E-state index in [2.05, 4.69) is 68.8 Å². The second-order valence-corrected chi connectivity index (χ2v) is 8.94.